The van der Waals surface area contributed by atoms with E-state index >= 15 is 0 Å². The van der Waals surface area contributed by atoms with Gasteiger partial charge in [-0.25, -0.2) is 4.39 Å². The number of alkyl halides is 1. The van der Waals surface area contributed by atoms with E-state index in [0.717, 1.165) is 39.8 Å². The molecule has 4 aromatic rings. The highest BCUT2D eigenvalue weighted by molar-refractivity contribution is 5.86. The highest BCUT2D eigenvalue weighted by atomic mass is 19.1. The zero-order valence-corrected chi connectivity index (χ0v) is 17.7. The summed E-state index contributed by atoms with van der Waals surface area (Å²) in [6.45, 7) is 5.86. The Hall–Kier alpha value is -2.63. The van der Waals surface area contributed by atoms with E-state index < -0.39 is 5.67 Å². The van der Waals surface area contributed by atoms with Crippen molar-refractivity contribution in [3.05, 3.63) is 71.0 Å². The van der Waals surface area contributed by atoms with Gasteiger partial charge in [0, 0.05) is 45.8 Å². The smallest absolute Gasteiger partial charge is 0.118 e. The normalized spacial score (nSPS) is 20.2. The van der Waals surface area contributed by atoms with Crippen molar-refractivity contribution in [2.24, 2.45) is 0 Å². The van der Waals surface area contributed by atoms with E-state index in [1.165, 1.54) is 10.9 Å². The van der Waals surface area contributed by atoms with E-state index in [1.807, 2.05) is 24.3 Å². The fourth-order valence-electron chi connectivity index (χ4n) is 4.97. The molecule has 156 valence electrons. The number of aliphatic hydroxyl groups is 1. The van der Waals surface area contributed by atoms with Crippen LogP contribution in [-0.4, -0.2) is 38.2 Å². The Balaban J connectivity index is 1.70. The highest BCUT2D eigenvalue weighted by Gasteiger charge is 2.39. The lowest BCUT2D eigenvalue weighted by Crippen LogP contribution is -2.47. The summed E-state index contributed by atoms with van der Waals surface area (Å²) in [4.78, 5) is 9.49. The van der Waals surface area contributed by atoms with E-state index in [4.69, 9.17) is 0 Å². The number of rotatable bonds is 4. The maximum atomic E-state index is 14.8. The maximum Gasteiger partial charge on any atom is 0.118 e. The molecule has 2 aromatic heterocycles. The molecule has 0 bridgehead atoms. The minimum atomic E-state index is -1.30. The SMILES string of the molecule is C[C@@H]1Cc2c([nH]c3ccccc23)[C@@H](c2cc3cc(CO)ccc3[nH]2)N1CC(C)(C)F. The van der Waals surface area contributed by atoms with Crippen LogP contribution in [-0.2, 0) is 13.0 Å². The lowest BCUT2D eigenvalue weighted by atomic mass is 9.89. The van der Waals surface area contributed by atoms with Gasteiger partial charge in [0.05, 0.1) is 12.6 Å². The third kappa shape index (κ3) is 3.22. The van der Waals surface area contributed by atoms with E-state index in [1.54, 1.807) is 13.8 Å². The number of aromatic amines is 2. The Morgan fingerprint density at radius 3 is 2.67 bits per heavy atom. The average Bonchev–Trinajstić information content (AvgIpc) is 3.28. The van der Waals surface area contributed by atoms with Crippen LogP contribution in [0.2, 0.25) is 0 Å². The Morgan fingerprint density at radius 1 is 1.10 bits per heavy atom. The zero-order chi connectivity index (χ0) is 21.0. The summed E-state index contributed by atoms with van der Waals surface area (Å²) in [6, 6.07) is 16.6. The van der Waals surface area contributed by atoms with Gasteiger partial charge in [0.1, 0.15) is 5.67 Å². The molecule has 0 amide bonds. The minimum Gasteiger partial charge on any atom is -0.392 e. The topological polar surface area (TPSA) is 55.0 Å². The Labute approximate surface area is 175 Å². The van der Waals surface area contributed by atoms with Crippen molar-refractivity contribution in [2.45, 2.75) is 51.6 Å². The zero-order valence-electron chi connectivity index (χ0n) is 17.7. The first-order valence-electron chi connectivity index (χ1n) is 10.6. The molecule has 5 heteroatoms. The number of aromatic nitrogens is 2. The average molecular weight is 406 g/mol. The third-order valence-electron chi connectivity index (χ3n) is 6.26. The molecule has 0 aliphatic carbocycles. The van der Waals surface area contributed by atoms with Crippen molar-refractivity contribution in [2.75, 3.05) is 6.54 Å². The molecule has 0 radical (unpaired) electrons. The molecule has 5 rings (SSSR count). The van der Waals surface area contributed by atoms with Gasteiger partial charge in [0.15, 0.2) is 0 Å². The van der Waals surface area contributed by atoms with Gasteiger partial charge in [0.25, 0.3) is 0 Å². The van der Waals surface area contributed by atoms with E-state index in [-0.39, 0.29) is 18.7 Å². The molecular formula is C25H28FN3O. The molecule has 1 aliphatic rings. The number of halogens is 1. The van der Waals surface area contributed by atoms with Gasteiger partial charge in [-0.05, 0) is 62.6 Å². The summed E-state index contributed by atoms with van der Waals surface area (Å²) >= 11 is 0. The second-order valence-corrected chi connectivity index (χ2v) is 9.21. The second kappa shape index (κ2) is 6.96. The van der Waals surface area contributed by atoms with Crippen molar-refractivity contribution in [1.82, 2.24) is 14.9 Å². The quantitative estimate of drug-likeness (QED) is 0.436. The maximum absolute atomic E-state index is 14.8. The number of para-hydroxylation sites is 1. The number of nitrogens with zero attached hydrogens (tertiary/aromatic N) is 1. The molecule has 0 unspecified atom stereocenters. The minimum absolute atomic E-state index is 0.0191. The molecule has 0 saturated carbocycles. The van der Waals surface area contributed by atoms with E-state index in [0.29, 0.717) is 6.54 Å². The van der Waals surface area contributed by atoms with Crippen LogP contribution in [0.15, 0.2) is 48.5 Å². The van der Waals surface area contributed by atoms with Crippen LogP contribution in [0.4, 0.5) is 4.39 Å². The van der Waals surface area contributed by atoms with Gasteiger partial charge in [-0.2, -0.15) is 0 Å². The number of hydrogen-bond acceptors (Lipinski definition) is 2. The predicted octanol–water partition coefficient (Wildman–Crippen LogP) is 5.23. The number of aliphatic hydroxyl groups excluding tert-OH is 1. The first-order chi connectivity index (χ1) is 14.3. The van der Waals surface area contributed by atoms with Crippen LogP contribution in [0, 0.1) is 0 Å². The monoisotopic (exact) mass is 405 g/mol. The van der Waals surface area contributed by atoms with Crippen molar-refractivity contribution in [1.29, 1.82) is 0 Å². The highest BCUT2D eigenvalue weighted by Crippen LogP contribution is 2.42. The molecule has 4 nitrogen and oxygen atoms in total. The van der Waals surface area contributed by atoms with Crippen LogP contribution in [0.5, 0.6) is 0 Å². The van der Waals surface area contributed by atoms with E-state index in [2.05, 4.69) is 46.1 Å². The first kappa shape index (κ1) is 19.3. The van der Waals surface area contributed by atoms with Gasteiger partial charge < -0.3 is 15.1 Å². The lowest BCUT2D eigenvalue weighted by Gasteiger charge is -2.42. The molecular weight excluding hydrogens is 377 g/mol. The number of nitrogens with one attached hydrogen (secondary N) is 2. The molecule has 1 aliphatic heterocycles. The molecule has 3 heterocycles. The Morgan fingerprint density at radius 2 is 1.90 bits per heavy atom. The number of H-pyrrole nitrogens is 2. The van der Waals surface area contributed by atoms with Crippen LogP contribution in [0.1, 0.15) is 49.3 Å². The first-order valence-corrected chi connectivity index (χ1v) is 10.6. The summed E-state index contributed by atoms with van der Waals surface area (Å²) in [6.07, 6.45) is 0.890. The van der Waals surface area contributed by atoms with Crippen LogP contribution in [0.3, 0.4) is 0 Å². The summed E-state index contributed by atoms with van der Waals surface area (Å²) in [5, 5.41) is 11.8. The van der Waals surface area contributed by atoms with Crippen molar-refractivity contribution in [3.63, 3.8) is 0 Å². The van der Waals surface area contributed by atoms with Crippen molar-refractivity contribution in [3.8, 4) is 0 Å². The van der Waals surface area contributed by atoms with Gasteiger partial charge in [-0.1, -0.05) is 24.3 Å². The van der Waals surface area contributed by atoms with Crippen molar-refractivity contribution < 1.29 is 9.50 Å². The fourth-order valence-corrected chi connectivity index (χ4v) is 4.97. The van der Waals surface area contributed by atoms with Crippen LogP contribution < -0.4 is 0 Å². The molecule has 0 saturated heterocycles. The fraction of sp³-hybridized carbons (Fsp3) is 0.360. The molecule has 0 spiro atoms. The lowest BCUT2D eigenvalue weighted by molar-refractivity contribution is 0.0657. The largest absolute Gasteiger partial charge is 0.392 e. The van der Waals surface area contributed by atoms with E-state index in [9.17, 15) is 9.50 Å². The van der Waals surface area contributed by atoms with Crippen LogP contribution in [0.25, 0.3) is 21.8 Å². The Kier molecular flexibility index (Phi) is 4.49. The summed E-state index contributed by atoms with van der Waals surface area (Å²) < 4.78 is 14.8. The Bertz CT molecular complexity index is 1220. The number of benzene rings is 2. The van der Waals surface area contributed by atoms with Crippen LogP contribution >= 0.6 is 0 Å². The molecule has 3 N–H and O–H groups in total. The van der Waals surface area contributed by atoms with Crippen molar-refractivity contribution >= 4 is 21.8 Å². The summed E-state index contributed by atoms with van der Waals surface area (Å²) in [5.41, 5.74) is 5.25. The third-order valence-corrected chi connectivity index (χ3v) is 6.26. The van der Waals surface area contributed by atoms with Gasteiger partial charge in [-0.3, -0.25) is 4.90 Å². The summed E-state index contributed by atoms with van der Waals surface area (Å²) in [5.74, 6) is 0. The number of hydrogen-bond donors (Lipinski definition) is 3. The van der Waals surface area contributed by atoms with Gasteiger partial charge in [-0.15, -0.1) is 0 Å². The van der Waals surface area contributed by atoms with Gasteiger partial charge >= 0.3 is 0 Å². The molecule has 2 atom stereocenters. The molecule has 0 fully saturated rings. The summed E-state index contributed by atoms with van der Waals surface area (Å²) in [7, 11) is 0. The standard InChI is InChI=1S/C25H28FN3O/c1-15-10-19-18-6-4-5-7-21(18)28-23(19)24(29(15)14-25(2,3)26)22-12-17-11-16(13-30)8-9-20(17)27-22/h4-9,11-12,15,24,27-28,30H,10,13-14H2,1-3H3/t15-,24-/m1/s1. The molecule has 2 aromatic carbocycles. The van der Waals surface area contributed by atoms with Gasteiger partial charge in [0.2, 0.25) is 0 Å². The molecule has 30 heavy (non-hydrogen) atoms. The second-order valence-electron chi connectivity index (χ2n) is 9.21. The predicted molar refractivity (Wildman–Crippen MR) is 119 cm³/mol. The number of fused-ring (bicyclic) bond motifs is 4.